The lowest BCUT2D eigenvalue weighted by Crippen LogP contribution is -2.43. The molecule has 0 N–H and O–H groups in total. The van der Waals surface area contributed by atoms with E-state index in [9.17, 15) is 8.42 Å². The van der Waals surface area contributed by atoms with Crippen molar-refractivity contribution in [3.05, 3.63) is 11.7 Å². The van der Waals surface area contributed by atoms with Crippen LogP contribution in [0.4, 0.5) is 0 Å². The Labute approximate surface area is 125 Å². The first-order valence-electron chi connectivity index (χ1n) is 7.20. The second-order valence-corrected chi connectivity index (χ2v) is 7.64. The zero-order valence-electron chi connectivity index (χ0n) is 12.8. The minimum atomic E-state index is -3.27. The zero-order chi connectivity index (χ0) is 15.5. The molecule has 120 valence electrons. The minimum absolute atomic E-state index is 0.0253. The van der Waals surface area contributed by atoms with E-state index in [0.29, 0.717) is 31.2 Å². The molecule has 2 rings (SSSR count). The van der Waals surface area contributed by atoms with Gasteiger partial charge in [0.05, 0.1) is 11.9 Å². The third-order valence-electron chi connectivity index (χ3n) is 3.76. The number of aryl methyl sites for hydroxylation is 1. The number of nitrogens with zero attached hydrogens (tertiary/aromatic N) is 3. The summed E-state index contributed by atoms with van der Waals surface area (Å²) in [4.78, 5) is 4.19. The van der Waals surface area contributed by atoms with E-state index in [-0.39, 0.29) is 17.8 Å². The number of hydrogen-bond donors (Lipinski definition) is 0. The van der Waals surface area contributed by atoms with Gasteiger partial charge in [0, 0.05) is 33.5 Å². The third kappa shape index (κ3) is 4.49. The highest BCUT2D eigenvalue weighted by molar-refractivity contribution is 7.89. The Kier molecular flexibility index (Phi) is 5.34. The van der Waals surface area contributed by atoms with Crippen LogP contribution in [0.1, 0.15) is 31.5 Å². The number of ether oxygens (including phenoxy) is 1. The van der Waals surface area contributed by atoms with Crippen molar-refractivity contribution in [3.63, 3.8) is 0 Å². The highest BCUT2D eigenvalue weighted by atomic mass is 32.2. The van der Waals surface area contributed by atoms with Crippen LogP contribution < -0.4 is 0 Å². The van der Waals surface area contributed by atoms with E-state index in [1.165, 1.54) is 7.11 Å². The lowest BCUT2D eigenvalue weighted by molar-refractivity contribution is 0.134. The average molecular weight is 317 g/mol. The predicted octanol–water partition coefficient (Wildman–Crippen LogP) is 0.997. The molecule has 1 aromatic heterocycles. The second-order valence-electron chi connectivity index (χ2n) is 5.62. The van der Waals surface area contributed by atoms with Gasteiger partial charge in [-0.3, -0.25) is 0 Å². The summed E-state index contributed by atoms with van der Waals surface area (Å²) in [6, 6.07) is 0. The van der Waals surface area contributed by atoms with E-state index >= 15 is 0 Å². The van der Waals surface area contributed by atoms with Gasteiger partial charge < -0.3 is 9.26 Å². The molecular formula is C13H23N3O4S. The molecule has 0 amide bonds. The van der Waals surface area contributed by atoms with E-state index in [0.717, 1.165) is 12.8 Å². The molecule has 2 heterocycles. The van der Waals surface area contributed by atoms with Crippen molar-refractivity contribution in [3.8, 4) is 0 Å². The molecule has 1 aliphatic heterocycles. The van der Waals surface area contributed by atoms with Crippen molar-refractivity contribution < 1.29 is 17.7 Å². The van der Waals surface area contributed by atoms with Crippen LogP contribution in [-0.2, 0) is 21.2 Å². The zero-order valence-corrected chi connectivity index (χ0v) is 13.6. The number of sulfonamides is 1. The van der Waals surface area contributed by atoms with Gasteiger partial charge in [0.1, 0.15) is 0 Å². The van der Waals surface area contributed by atoms with Gasteiger partial charge in [0.2, 0.25) is 15.9 Å². The monoisotopic (exact) mass is 317 g/mol. The Morgan fingerprint density at radius 2 is 2.29 bits per heavy atom. The standard InChI is InChI=1S/C13H23N3O4S/c1-10(19-3)9-21(17,18)16-6-4-5-12(8-16)7-13-14-11(2)20-15-13/h10,12H,4-9H2,1-3H3/t10-,12-/m1/s1. The molecule has 0 radical (unpaired) electrons. The molecule has 1 saturated heterocycles. The molecule has 1 fully saturated rings. The summed E-state index contributed by atoms with van der Waals surface area (Å²) >= 11 is 0. The van der Waals surface area contributed by atoms with Gasteiger partial charge in [-0.1, -0.05) is 5.16 Å². The van der Waals surface area contributed by atoms with Gasteiger partial charge in [0.15, 0.2) is 5.82 Å². The third-order valence-corrected chi connectivity index (χ3v) is 5.77. The summed E-state index contributed by atoms with van der Waals surface area (Å²) in [6.45, 7) is 4.62. The van der Waals surface area contributed by atoms with Gasteiger partial charge in [0.25, 0.3) is 0 Å². The number of rotatable bonds is 6. The fourth-order valence-corrected chi connectivity index (χ4v) is 4.38. The van der Waals surface area contributed by atoms with Gasteiger partial charge in [-0.25, -0.2) is 12.7 Å². The van der Waals surface area contributed by atoms with E-state index in [2.05, 4.69) is 10.1 Å². The quantitative estimate of drug-likeness (QED) is 0.778. The van der Waals surface area contributed by atoms with Gasteiger partial charge in [-0.2, -0.15) is 4.98 Å². The number of methoxy groups -OCH3 is 1. The van der Waals surface area contributed by atoms with Gasteiger partial charge in [-0.05, 0) is 25.7 Å². The maximum Gasteiger partial charge on any atom is 0.223 e. The first-order valence-corrected chi connectivity index (χ1v) is 8.81. The van der Waals surface area contributed by atoms with Crippen molar-refractivity contribution in [2.75, 3.05) is 26.0 Å². The summed E-state index contributed by atoms with van der Waals surface area (Å²) in [5, 5.41) is 3.88. The minimum Gasteiger partial charge on any atom is -0.381 e. The molecule has 0 unspecified atom stereocenters. The predicted molar refractivity (Wildman–Crippen MR) is 77.3 cm³/mol. The van der Waals surface area contributed by atoms with Crippen molar-refractivity contribution in [2.45, 2.75) is 39.2 Å². The van der Waals surface area contributed by atoms with Crippen molar-refractivity contribution in [1.82, 2.24) is 14.4 Å². The van der Waals surface area contributed by atoms with Gasteiger partial charge in [-0.15, -0.1) is 0 Å². The second kappa shape index (κ2) is 6.85. The van der Waals surface area contributed by atoms with Crippen LogP contribution in [0, 0.1) is 12.8 Å². The SMILES string of the molecule is CO[C@H](C)CS(=O)(=O)N1CCC[C@H](Cc2noc(C)n2)C1. The summed E-state index contributed by atoms with van der Waals surface area (Å²) in [6.07, 6.45) is 2.21. The molecular weight excluding hydrogens is 294 g/mol. The Balaban J connectivity index is 1.96. The smallest absolute Gasteiger partial charge is 0.223 e. The molecule has 21 heavy (non-hydrogen) atoms. The Bertz CT molecular complexity index is 558. The van der Waals surface area contributed by atoms with Crippen LogP contribution >= 0.6 is 0 Å². The Morgan fingerprint density at radius 1 is 1.52 bits per heavy atom. The summed E-state index contributed by atoms with van der Waals surface area (Å²) < 4.78 is 36.3. The first kappa shape index (κ1) is 16.4. The van der Waals surface area contributed by atoms with Crippen molar-refractivity contribution in [1.29, 1.82) is 0 Å². The van der Waals surface area contributed by atoms with Crippen LogP contribution in [0.3, 0.4) is 0 Å². The molecule has 0 saturated carbocycles. The molecule has 0 spiro atoms. The fraction of sp³-hybridized carbons (Fsp3) is 0.846. The van der Waals surface area contributed by atoms with Crippen LogP contribution in [0.2, 0.25) is 0 Å². The van der Waals surface area contributed by atoms with E-state index in [4.69, 9.17) is 9.26 Å². The molecule has 8 heteroatoms. The topological polar surface area (TPSA) is 85.5 Å². The summed E-state index contributed by atoms with van der Waals surface area (Å²) in [5.41, 5.74) is 0. The van der Waals surface area contributed by atoms with Crippen LogP contribution in [0.5, 0.6) is 0 Å². The van der Waals surface area contributed by atoms with Crippen LogP contribution in [0.25, 0.3) is 0 Å². The maximum atomic E-state index is 12.4. The summed E-state index contributed by atoms with van der Waals surface area (Å²) in [7, 11) is -1.75. The molecule has 0 aromatic carbocycles. The van der Waals surface area contributed by atoms with Crippen molar-refractivity contribution in [2.24, 2.45) is 5.92 Å². The van der Waals surface area contributed by atoms with Crippen LogP contribution in [-0.4, -0.2) is 54.9 Å². The average Bonchev–Trinajstić information content (AvgIpc) is 2.84. The Morgan fingerprint density at radius 3 is 2.90 bits per heavy atom. The number of piperidine rings is 1. The number of aromatic nitrogens is 2. The molecule has 1 aromatic rings. The van der Waals surface area contributed by atoms with Crippen molar-refractivity contribution >= 4 is 10.0 Å². The molecule has 2 atom stereocenters. The van der Waals surface area contributed by atoms with E-state index in [1.807, 2.05) is 0 Å². The molecule has 1 aliphatic rings. The van der Waals surface area contributed by atoms with Crippen LogP contribution in [0.15, 0.2) is 4.52 Å². The van der Waals surface area contributed by atoms with E-state index < -0.39 is 10.0 Å². The molecule has 0 bridgehead atoms. The highest BCUT2D eigenvalue weighted by Gasteiger charge is 2.30. The Hall–Kier alpha value is -0.990. The van der Waals surface area contributed by atoms with E-state index in [1.54, 1.807) is 18.2 Å². The number of hydrogen-bond acceptors (Lipinski definition) is 6. The molecule has 7 nitrogen and oxygen atoms in total. The lowest BCUT2D eigenvalue weighted by atomic mass is 9.96. The fourth-order valence-electron chi connectivity index (χ4n) is 2.60. The maximum absolute atomic E-state index is 12.4. The lowest BCUT2D eigenvalue weighted by Gasteiger charge is -2.32. The normalized spacial score (nSPS) is 22.3. The molecule has 0 aliphatic carbocycles. The largest absolute Gasteiger partial charge is 0.381 e. The summed E-state index contributed by atoms with van der Waals surface area (Å²) in [5.74, 6) is 1.46. The highest BCUT2D eigenvalue weighted by Crippen LogP contribution is 2.22. The first-order chi connectivity index (χ1) is 9.90. The van der Waals surface area contributed by atoms with Gasteiger partial charge >= 0.3 is 0 Å².